The summed E-state index contributed by atoms with van der Waals surface area (Å²) in [6, 6.07) is 0. The van der Waals surface area contributed by atoms with Crippen molar-refractivity contribution < 1.29 is 9.90 Å². The number of rotatable bonds is 4. The minimum absolute atomic E-state index is 0.434. The van der Waals surface area contributed by atoms with E-state index in [0.29, 0.717) is 24.3 Å². The molecule has 0 saturated carbocycles. The van der Waals surface area contributed by atoms with E-state index in [0.717, 1.165) is 19.4 Å². The molecule has 0 amide bonds. The van der Waals surface area contributed by atoms with Crippen LogP contribution in [0, 0.1) is 23.2 Å². The first kappa shape index (κ1) is 13.5. The van der Waals surface area contributed by atoms with Gasteiger partial charge in [-0.05, 0) is 37.1 Å². The zero-order chi connectivity index (χ0) is 12.3. The second kappa shape index (κ2) is 5.17. The quantitative estimate of drug-likeness (QED) is 0.775. The molecule has 0 radical (unpaired) electrons. The molecule has 0 aliphatic carbocycles. The van der Waals surface area contributed by atoms with Crippen molar-refractivity contribution in [2.75, 3.05) is 13.1 Å². The van der Waals surface area contributed by atoms with Gasteiger partial charge in [0.05, 0.1) is 5.41 Å². The average molecular weight is 227 g/mol. The van der Waals surface area contributed by atoms with Gasteiger partial charge in [0, 0.05) is 6.54 Å². The molecule has 0 aromatic carbocycles. The fourth-order valence-corrected chi connectivity index (χ4v) is 2.80. The van der Waals surface area contributed by atoms with Crippen molar-refractivity contribution in [3.05, 3.63) is 0 Å². The Balaban J connectivity index is 2.80. The van der Waals surface area contributed by atoms with E-state index in [9.17, 15) is 9.90 Å². The maximum Gasteiger partial charge on any atom is 0.310 e. The lowest BCUT2D eigenvalue weighted by molar-refractivity contribution is -0.152. The first-order chi connectivity index (χ1) is 7.37. The van der Waals surface area contributed by atoms with Crippen LogP contribution in [0.25, 0.3) is 0 Å². The summed E-state index contributed by atoms with van der Waals surface area (Å²) in [6.45, 7) is 10.2. The largest absolute Gasteiger partial charge is 0.481 e. The minimum atomic E-state index is -0.626. The molecular weight excluding hydrogens is 202 g/mol. The predicted molar refractivity (Wildman–Crippen MR) is 65.3 cm³/mol. The number of hydrogen-bond acceptors (Lipinski definition) is 2. The van der Waals surface area contributed by atoms with Gasteiger partial charge in [0.1, 0.15) is 0 Å². The zero-order valence-corrected chi connectivity index (χ0v) is 10.9. The van der Waals surface area contributed by atoms with Gasteiger partial charge in [-0.25, -0.2) is 0 Å². The summed E-state index contributed by atoms with van der Waals surface area (Å²) in [5.41, 5.74) is -0.540. The van der Waals surface area contributed by atoms with E-state index in [1.54, 1.807) is 0 Å². The second-order valence-corrected chi connectivity index (χ2v) is 6.02. The number of nitrogens with one attached hydrogen (secondary N) is 1. The Morgan fingerprint density at radius 1 is 1.44 bits per heavy atom. The number of aliphatic carboxylic acids is 1. The minimum Gasteiger partial charge on any atom is -0.481 e. The molecule has 0 aromatic rings. The first-order valence-corrected chi connectivity index (χ1v) is 6.31. The summed E-state index contributed by atoms with van der Waals surface area (Å²) in [5, 5.41) is 12.8. The Labute approximate surface area is 98.6 Å². The Morgan fingerprint density at radius 2 is 2.06 bits per heavy atom. The predicted octanol–water partition coefficient (Wildman–Crippen LogP) is 2.37. The summed E-state index contributed by atoms with van der Waals surface area (Å²) in [4.78, 5) is 11.5. The van der Waals surface area contributed by atoms with Gasteiger partial charge >= 0.3 is 5.97 Å². The van der Waals surface area contributed by atoms with Crippen LogP contribution in [0.2, 0.25) is 0 Å². The van der Waals surface area contributed by atoms with Crippen LogP contribution in [-0.2, 0) is 4.79 Å². The summed E-state index contributed by atoms with van der Waals surface area (Å²) in [6.07, 6.45) is 1.60. The van der Waals surface area contributed by atoms with Crippen LogP contribution in [0.4, 0.5) is 0 Å². The smallest absolute Gasteiger partial charge is 0.310 e. The van der Waals surface area contributed by atoms with Crippen LogP contribution in [0.3, 0.4) is 0 Å². The normalized spacial score (nSPS) is 31.0. The van der Waals surface area contributed by atoms with Crippen LogP contribution < -0.4 is 5.32 Å². The molecule has 1 fully saturated rings. The molecule has 16 heavy (non-hydrogen) atoms. The second-order valence-electron chi connectivity index (χ2n) is 6.02. The lowest BCUT2D eigenvalue weighted by Gasteiger charge is -2.40. The van der Waals surface area contributed by atoms with E-state index >= 15 is 0 Å². The summed E-state index contributed by atoms with van der Waals surface area (Å²) in [5.74, 6) is 0.852. The van der Waals surface area contributed by atoms with E-state index in [4.69, 9.17) is 0 Å². The van der Waals surface area contributed by atoms with Crippen LogP contribution in [0.1, 0.15) is 40.5 Å². The highest BCUT2D eigenvalue weighted by molar-refractivity contribution is 5.75. The van der Waals surface area contributed by atoms with Crippen LogP contribution in [-0.4, -0.2) is 24.2 Å². The third-order valence-electron chi connectivity index (χ3n) is 3.72. The SMILES string of the molecule is CC(C)CC1(C(=O)O)CNCC(C(C)C)C1. The topological polar surface area (TPSA) is 49.3 Å². The third kappa shape index (κ3) is 2.97. The van der Waals surface area contributed by atoms with Crippen molar-refractivity contribution in [2.24, 2.45) is 23.2 Å². The van der Waals surface area contributed by atoms with Crippen molar-refractivity contribution in [3.63, 3.8) is 0 Å². The standard InChI is InChI=1S/C13H25NO2/c1-9(2)5-13(12(15)16)6-11(10(3)4)7-14-8-13/h9-11,14H,5-8H2,1-4H3,(H,15,16). The summed E-state index contributed by atoms with van der Waals surface area (Å²) < 4.78 is 0. The van der Waals surface area contributed by atoms with Gasteiger partial charge in [-0.15, -0.1) is 0 Å². The van der Waals surface area contributed by atoms with Gasteiger partial charge in [0.2, 0.25) is 0 Å². The number of carboxylic acids is 1. The maximum absolute atomic E-state index is 11.5. The molecule has 1 aliphatic heterocycles. The van der Waals surface area contributed by atoms with Gasteiger partial charge in [-0.1, -0.05) is 27.7 Å². The molecule has 2 atom stereocenters. The van der Waals surface area contributed by atoms with E-state index in [2.05, 4.69) is 33.0 Å². The van der Waals surface area contributed by atoms with Crippen molar-refractivity contribution in [1.82, 2.24) is 5.32 Å². The highest BCUT2D eigenvalue weighted by atomic mass is 16.4. The Hall–Kier alpha value is -0.570. The van der Waals surface area contributed by atoms with E-state index < -0.39 is 11.4 Å². The Morgan fingerprint density at radius 3 is 2.50 bits per heavy atom. The highest BCUT2D eigenvalue weighted by Crippen LogP contribution is 2.38. The highest BCUT2D eigenvalue weighted by Gasteiger charge is 2.43. The van der Waals surface area contributed by atoms with Gasteiger partial charge in [-0.2, -0.15) is 0 Å². The lowest BCUT2D eigenvalue weighted by Crippen LogP contribution is -2.50. The zero-order valence-electron chi connectivity index (χ0n) is 10.9. The molecular formula is C13H25NO2. The number of carboxylic acid groups (broad SMARTS) is 1. The molecule has 0 aromatic heterocycles. The van der Waals surface area contributed by atoms with Crippen molar-refractivity contribution in [2.45, 2.75) is 40.5 Å². The summed E-state index contributed by atoms with van der Waals surface area (Å²) in [7, 11) is 0. The summed E-state index contributed by atoms with van der Waals surface area (Å²) >= 11 is 0. The Bertz CT molecular complexity index is 250. The van der Waals surface area contributed by atoms with Gasteiger partial charge in [-0.3, -0.25) is 4.79 Å². The van der Waals surface area contributed by atoms with Crippen molar-refractivity contribution >= 4 is 5.97 Å². The lowest BCUT2D eigenvalue weighted by atomic mass is 9.69. The molecule has 1 aliphatic rings. The van der Waals surface area contributed by atoms with Crippen LogP contribution >= 0.6 is 0 Å². The van der Waals surface area contributed by atoms with E-state index in [1.165, 1.54) is 0 Å². The van der Waals surface area contributed by atoms with E-state index in [1.807, 2.05) is 0 Å². The maximum atomic E-state index is 11.5. The molecule has 2 N–H and O–H groups in total. The molecule has 3 nitrogen and oxygen atoms in total. The monoisotopic (exact) mass is 227 g/mol. The molecule has 2 unspecified atom stereocenters. The van der Waals surface area contributed by atoms with Gasteiger partial charge < -0.3 is 10.4 Å². The van der Waals surface area contributed by atoms with Gasteiger partial charge in [0.15, 0.2) is 0 Å². The molecule has 3 heteroatoms. The average Bonchev–Trinajstić information content (AvgIpc) is 2.16. The van der Waals surface area contributed by atoms with Crippen LogP contribution in [0.5, 0.6) is 0 Å². The van der Waals surface area contributed by atoms with Crippen molar-refractivity contribution in [3.8, 4) is 0 Å². The molecule has 1 saturated heterocycles. The molecule has 94 valence electrons. The molecule has 0 spiro atoms. The molecule has 0 bridgehead atoms. The Kier molecular flexibility index (Phi) is 4.36. The fourth-order valence-electron chi connectivity index (χ4n) is 2.80. The molecule has 1 rings (SSSR count). The molecule has 1 heterocycles. The third-order valence-corrected chi connectivity index (χ3v) is 3.72. The fraction of sp³-hybridized carbons (Fsp3) is 0.923. The van der Waals surface area contributed by atoms with Gasteiger partial charge in [0.25, 0.3) is 0 Å². The van der Waals surface area contributed by atoms with E-state index in [-0.39, 0.29) is 0 Å². The van der Waals surface area contributed by atoms with Crippen LogP contribution in [0.15, 0.2) is 0 Å². The number of hydrogen-bond donors (Lipinski definition) is 2. The number of piperidine rings is 1. The number of carbonyl (C=O) groups is 1. The van der Waals surface area contributed by atoms with Crippen molar-refractivity contribution in [1.29, 1.82) is 0 Å². The first-order valence-electron chi connectivity index (χ1n) is 6.31.